The Balaban J connectivity index is 0.687. The van der Waals surface area contributed by atoms with Crippen molar-refractivity contribution in [1.82, 2.24) is 45.1 Å². The lowest BCUT2D eigenvalue weighted by atomic mass is 9.93. The number of piperidine rings is 1. The van der Waals surface area contributed by atoms with E-state index >= 15 is 0 Å². The largest absolute Gasteiger partial charge is 0.390 e. The molecule has 9 rings (SSSR count). The van der Waals surface area contributed by atoms with Crippen LogP contribution in [0.2, 0.25) is 20.1 Å². The van der Waals surface area contributed by atoms with Crippen molar-refractivity contribution in [1.29, 1.82) is 0 Å². The second-order valence-electron chi connectivity index (χ2n) is 21.0. The molecule has 80 heavy (non-hydrogen) atoms. The van der Waals surface area contributed by atoms with Gasteiger partial charge in [0, 0.05) is 115 Å². The van der Waals surface area contributed by atoms with Crippen LogP contribution in [0.1, 0.15) is 64.0 Å². The molecular weight excluding hydrogens is 1100 g/mol. The monoisotopic (exact) mass is 1160 g/mol. The summed E-state index contributed by atoms with van der Waals surface area (Å²) in [7, 11) is 0. The Morgan fingerprint density at radius 1 is 0.675 bits per heavy atom. The molecule has 2 atom stereocenters. The first kappa shape index (κ1) is 58.4. The molecule has 20 heteroatoms. The highest BCUT2D eigenvalue weighted by Crippen LogP contribution is 2.29. The predicted molar refractivity (Wildman–Crippen MR) is 314 cm³/mol. The summed E-state index contributed by atoms with van der Waals surface area (Å²) in [5, 5.41) is 21.3. The molecule has 0 saturated carbocycles. The zero-order chi connectivity index (χ0) is 56.1. The lowest BCUT2D eigenvalue weighted by molar-refractivity contribution is -0.137. The van der Waals surface area contributed by atoms with Gasteiger partial charge in [0.05, 0.1) is 32.2 Å². The summed E-state index contributed by atoms with van der Waals surface area (Å²) in [5.74, 6) is -0.734. The third-order valence-corrected chi connectivity index (χ3v) is 16.4. The number of nitrogens with zero attached hydrogens (tertiary/aromatic N) is 7. The zero-order valence-corrected chi connectivity index (χ0v) is 47.5. The number of hydrogen-bond acceptors (Lipinski definition) is 12. The first-order chi connectivity index (χ1) is 38.7. The van der Waals surface area contributed by atoms with Crippen LogP contribution >= 0.6 is 46.4 Å². The van der Waals surface area contributed by atoms with Crippen LogP contribution in [0.15, 0.2) is 115 Å². The number of piperazine rings is 1. The zero-order valence-electron chi connectivity index (χ0n) is 44.5. The van der Waals surface area contributed by atoms with Gasteiger partial charge in [-0.25, -0.2) is 9.97 Å². The molecule has 3 fully saturated rings. The van der Waals surface area contributed by atoms with Crippen LogP contribution in [0.25, 0.3) is 12.2 Å². The van der Waals surface area contributed by atoms with E-state index in [9.17, 15) is 29.1 Å². The summed E-state index contributed by atoms with van der Waals surface area (Å²) in [4.78, 5) is 87.6. The Kier molecular flexibility index (Phi) is 20.4. The number of carbonyl (C=O) groups excluding carboxylic acids is 5. The Morgan fingerprint density at radius 2 is 1.32 bits per heavy atom. The molecule has 2 unspecified atom stereocenters. The molecule has 0 aliphatic carbocycles. The number of Topliss-reactive ketones (excluding diaryl/α,β-unsaturated/α-hetero) is 1. The van der Waals surface area contributed by atoms with Gasteiger partial charge in [-0.3, -0.25) is 38.7 Å². The van der Waals surface area contributed by atoms with Crippen LogP contribution in [-0.2, 0) is 38.6 Å². The number of aromatic nitrogens is 2. The third kappa shape index (κ3) is 16.3. The van der Waals surface area contributed by atoms with E-state index in [0.29, 0.717) is 74.2 Å². The van der Waals surface area contributed by atoms with Gasteiger partial charge in [0.25, 0.3) is 5.91 Å². The van der Waals surface area contributed by atoms with Gasteiger partial charge in [-0.1, -0.05) is 113 Å². The molecule has 16 nitrogen and oxygen atoms in total. The number of anilines is 1. The number of nitrogens with one attached hydrogen (secondary N) is 3. The maximum atomic E-state index is 14.6. The van der Waals surface area contributed by atoms with Crippen molar-refractivity contribution in [2.45, 2.75) is 63.3 Å². The number of β-amino-alcohol motifs (C(OH)–C–C–N with tert-alkyl or cyclic N) is 1. The van der Waals surface area contributed by atoms with E-state index in [1.807, 2.05) is 41.3 Å². The number of benzene rings is 4. The number of likely N-dealkylation sites (tertiary alicyclic amines) is 2. The topological polar surface area (TPSA) is 184 Å². The van der Waals surface area contributed by atoms with Crippen LogP contribution in [0.5, 0.6) is 0 Å². The van der Waals surface area contributed by atoms with Crippen molar-refractivity contribution in [2.24, 2.45) is 0 Å². The normalized spacial score (nSPS) is 18.1. The lowest BCUT2D eigenvalue weighted by Crippen LogP contribution is -2.55. The van der Waals surface area contributed by atoms with Crippen molar-refractivity contribution < 1.29 is 29.1 Å². The average molecular weight is 1170 g/mol. The molecule has 4 aromatic carbocycles. The molecular formula is C60H66Cl4N10O6. The molecule has 0 spiro atoms. The summed E-state index contributed by atoms with van der Waals surface area (Å²) < 4.78 is 0. The number of aliphatic hydroxyl groups excluding tert-OH is 1. The standard InChI is InChI=1S/C60H66Cl4N10O6/c61-49-16-14-41(28-51(49)63)26-45-34-74(35-46(58(45)78)27-42-15-17-50(62)52(64)29-42)60(80)54(30-40-8-2-1-3-9-40)69-56(76)12-6-13-57(77)73-24-22-70(23-25-73)19-7-20-71-36-47(37-71)68-55-31-53(66-39-67-55)59(79)65-32-48(75)38-72-21-18-43-10-4-5-11-44(43)33-72/h1-5,8-11,14-17,26-29,31,39,47-48,54,75H,6-7,12-13,18-25,30,32-38H2,(H,65,79)(H,69,76)(H,66,67,68). The summed E-state index contributed by atoms with van der Waals surface area (Å²) >= 11 is 25.0. The Labute approximate surface area is 487 Å². The minimum Gasteiger partial charge on any atom is -0.390 e. The summed E-state index contributed by atoms with van der Waals surface area (Å²) in [6.45, 7) is 8.56. The Hall–Kier alpha value is -6.21. The van der Waals surface area contributed by atoms with Gasteiger partial charge < -0.3 is 30.9 Å². The molecule has 4 aliphatic rings. The highest BCUT2D eigenvalue weighted by molar-refractivity contribution is 6.42. The Bertz CT molecular complexity index is 3020. The Morgan fingerprint density at radius 3 is 2.00 bits per heavy atom. The quantitative estimate of drug-likeness (QED) is 0.0537. The van der Waals surface area contributed by atoms with Crippen LogP contribution < -0.4 is 16.0 Å². The van der Waals surface area contributed by atoms with E-state index in [1.54, 1.807) is 59.5 Å². The van der Waals surface area contributed by atoms with Crippen molar-refractivity contribution in [2.75, 3.05) is 90.4 Å². The fraction of sp³-hybridized carbons (Fsp3) is 0.383. The minimum atomic E-state index is -0.958. The number of fused-ring (bicyclic) bond motifs is 1. The maximum Gasteiger partial charge on any atom is 0.270 e. The van der Waals surface area contributed by atoms with Gasteiger partial charge in [0.2, 0.25) is 17.7 Å². The van der Waals surface area contributed by atoms with E-state index in [-0.39, 0.29) is 80.0 Å². The van der Waals surface area contributed by atoms with Crippen LogP contribution in [0, 0.1) is 0 Å². The smallest absolute Gasteiger partial charge is 0.270 e. The highest BCUT2D eigenvalue weighted by atomic mass is 35.5. The SMILES string of the molecule is O=C(CCCC(=O)N1CCN(CCCN2CC(Nc3cc(C(=O)NCC(O)CN4CCc5ccccc5C4)ncn3)C2)CC1)NC(Cc1ccccc1)C(=O)N1CC(=Cc2ccc(Cl)c(Cl)c2)C(=O)C(=Cc2ccc(Cl)c(Cl)c2)C1. The van der Waals surface area contributed by atoms with E-state index in [1.165, 1.54) is 17.5 Å². The molecule has 4 amide bonds. The number of halogens is 4. The number of carbonyl (C=O) groups is 5. The number of hydrogen-bond donors (Lipinski definition) is 4. The molecule has 4 aliphatic heterocycles. The van der Waals surface area contributed by atoms with Crippen molar-refractivity contribution in [3.63, 3.8) is 0 Å². The van der Waals surface area contributed by atoms with Gasteiger partial charge >= 0.3 is 0 Å². The number of ketones is 1. The predicted octanol–water partition coefficient (Wildman–Crippen LogP) is 7.35. The van der Waals surface area contributed by atoms with Gasteiger partial charge in [-0.15, -0.1) is 0 Å². The molecule has 5 aromatic rings. The molecule has 3 saturated heterocycles. The lowest BCUT2D eigenvalue weighted by Gasteiger charge is -2.40. The van der Waals surface area contributed by atoms with Crippen LogP contribution in [0.3, 0.4) is 0 Å². The highest BCUT2D eigenvalue weighted by Gasteiger charge is 2.34. The van der Waals surface area contributed by atoms with Crippen LogP contribution in [-0.4, -0.2) is 172 Å². The first-order valence-corrected chi connectivity index (χ1v) is 28.8. The van der Waals surface area contributed by atoms with E-state index < -0.39 is 12.1 Å². The van der Waals surface area contributed by atoms with E-state index in [2.05, 4.69) is 58.8 Å². The fourth-order valence-corrected chi connectivity index (χ4v) is 11.2. The molecule has 4 N–H and O–H groups in total. The molecule has 0 radical (unpaired) electrons. The number of rotatable bonds is 21. The van der Waals surface area contributed by atoms with Crippen molar-refractivity contribution in [3.05, 3.63) is 168 Å². The number of aliphatic hydroxyl groups is 1. The summed E-state index contributed by atoms with van der Waals surface area (Å²) in [6, 6.07) is 28.7. The second kappa shape index (κ2) is 28.0. The van der Waals surface area contributed by atoms with Gasteiger partial charge in [0.15, 0.2) is 5.78 Å². The third-order valence-electron chi connectivity index (χ3n) is 15.0. The molecule has 1 aromatic heterocycles. The van der Waals surface area contributed by atoms with Crippen molar-refractivity contribution in [3.8, 4) is 0 Å². The van der Waals surface area contributed by atoms with Gasteiger partial charge in [0.1, 0.15) is 23.9 Å². The average Bonchev–Trinajstić information content (AvgIpc) is 3.46. The van der Waals surface area contributed by atoms with E-state index in [0.717, 1.165) is 70.8 Å². The van der Waals surface area contributed by atoms with Crippen LogP contribution in [0.4, 0.5) is 5.82 Å². The summed E-state index contributed by atoms with van der Waals surface area (Å²) in [6.07, 6.45) is 6.78. The van der Waals surface area contributed by atoms with Gasteiger partial charge in [-0.2, -0.15) is 0 Å². The molecule has 420 valence electrons. The minimum absolute atomic E-state index is 0.000414. The van der Waals surface area contributed by atoms with Gasteiger partial charge in [-0.05, 0) is 96.6 Å². The molecule has 0 bridgehead atoms. The first-order valence-electron chi connectivity index (χ1n) is 27.2. The number of amides is 4. The fourth-order valence-electron chi connectivity index (χ4n) is 10.6. The van der Waals surface area contributed by atoms with E-state index in [4.69, 9.17) is 46.4 Å². The summed E-state index contributed by atoms with van der Waals surface area (Å²) in [5.41, 5.74) is 5.67. The second-order valence-corrected chi connectivity index (χ2v) is 22.6. The van der Waals surface area contributed by atoms with Crippen molar-refractivity contribution >= 4 is 93.8 Å². The molecule has 5 heterocycles. The maximum absolute atomic E-state index is 14.6.